The Morgan fingerprint density at radius 1 is 1.29 bits per heavy atom. The normalized spacial score (nSPS) is 15.8. The number of nitrogens with two attached hydrogens (primary N) is 1. The van der Waals surface area contributed by atoms with E-state index >= 15 is 0 Å². The van der Waals surface area contributed by atoms with Crippen molar-refractivity contribution in [1.82, 2.24) is 10.4 Å². The summed E-state index contributed by atoms with van der Waals surface area (Å²) in [6.45, 7) is 8.36. The van der Waals surface area contributed by atoms with E-state index in [0.29, 0.717) is 6.42 Å². The Morgan fingerprint density at radius 3 is 2.38 bits per heavy atom. The molecule has 21 heavy (non-hydrogen) atoms. The highest BCUT2D eigenvalue weighted by atomic mass is 19.4. The van der Waals surface area contributed by atoms with E-state index in [1.165, 1.54) is 6.20 Å². The van der Waals surface area contributed by atoms with Crippen LogP contribution in [-0.4, -0.2) is 4.98 Å². The highest BCUT2D eigenvalue weighted by Gasteiger charge is 2.35. The van der Waals surface area contributed by atoms with Gasteiger partial charge in [-0.05, 0) is 30.2 Å². The predicted octanol–water partition coefficient (Wildman–Crippen LogP) is 4.07. The van der Waals surface area contributed by atoms with Crippen LogP contribution in [0.25, 0.3) is 0 Å². The van der Waals surface area contributed by atoms with Crippen LogP contribution in [0.5, 0.6) is 0 Å². The summed E-state index contributed by atoms with van der Waals surface area (Å²) in [4.78, 5) is 3.81. The van der Waals surface area contributed by atoms with Crippen molar-refractivity contribution in [2.24, 2.45) is 17.2 Å². The van der Waals surface area contributed by atoms with Gasteiger partial charge in [0.25, 0.3) is 0 Å². The van der Waals surface area contributed by atoms with Gasteiger partial charge in [-0.3, -0.25) is 16.3 Å². The minimum Gasteiger partial charge on any atom is -0.271 e. The van der Waals surface area contributed by atoms with E-state index in [0.717, 1.165) is 18.7 Å². The molecule has 0 aliphatic rings. The molecule has 6 heteroatoms. The van der Waals surface area contributed by atoms with Crippen LogP contribution in [0.1, 0.15) is 57.7 Å². The number of hydrogen-bond acceptors (Lipinski definition) is 3. The van der Waals surface area contributed by atoms with Gasteiger partial charge in [-0.25, -0.2) is 0 Å². The van der Waals surface area contributed by atoms with Crippen molar-refractivity contribution in [1.29, 1.82) is 0 Å². The minimum atomic E-state index is -4.40. The summed E-state index contributed by atoms with van der Waals surface area (Å²) in [6.07, 6.45) is -0.564. The van der Waals surface area contributed by atoms with Crippen molar-refractivity contribution < 1.29 is 13.2 Å². The molecule has 1 aromatic heterocycles. The van der Waals surface area contributed by atoms with Gasteiger partial charge in [-0.1, -0.05) is 27.7 Å². The first kappa shape index (κ1) is 17.9. The highest BCUT2D eigenvalue weighted by molar-refractivity contribution is 5.29. The number of hydrazine groups is 1. The molecule has 0 aromatic carbocycles. The summed E-state index contributed by atoms with van der Waals surface area (Å²) in [6, 6.07) is 0.432. The number of nitrogens with zero attached hydrogens (tertiary/aromatic N) is 1. The maximum absolute atomic E-state index is 13.1. The van der Waals surface area contributed by atoms with E-state index in [1.807, 2.05) is 6.92 Å². The molecular weight excluding hydrogens is 279 g/mol. The Bertz CT molecular complexity index is 452. The van der Waals surface area contributed by atoms with Crippen LogP contribution in [-0.2, 0) is 6.18 Å². The predicted molar refractivity (Wildman–Crippen MR) is 77.2 cm³/mol. The molecule has 0 spiro atoms. The second-order valence-corrected chi connectivity index (χ2v) is 6.79. The molecule has 0 aliphatic carbocycles. The van der Waals surface area contributed by atoms with Gasteiger partial charge in [-0.15, -0.1) is 0 Å². The zero-order chi connectivity index (χ0) is 16.3. The Balaban J connectivity index is 2.96. The fraction of sp³-hybridized carbons (Fsp3) is 0.667. The maximum Gasteiger partial charge on any atom is 0.416 e. The first-order valence-electron chi connectivity index (χ1n) is 7.02. The molecule has 0 radical (unpaired) electrons. The molecule has 0 amide bonds. The van der Waals surface area contributed by atoms with Gasteiger partial charge in [0, 0.05) is 24.0 Å². The van der Waals surface area contributed by atoms with Crippen molar-refractivity contribution in [2.45, 2.75) is 52.8 Å². The first-order chi connectivity index (χ1) is 9.54. The van der Waals surface area contributed by atoms with E-state index in [9.17, 15) is 13.2 Å². The third kappa shape index (κ3) is 5.63. The Labute approximate surface area is 124 Å². The molecule has 1 rings (SSSR count). The molecule has 0 saturated heterocycles. The zero-order valence-corrected chi connectivity index (χ0v) is 13.0. The van der Waals surface area contributed by atoms with Gasteiger partial charge >= 0.3 is 6.18 Å². The van der Waals surface area contributed by atoms with E-state index in [4.69, 9.17) is 5.84 Å². The lowest BCUT2D eigenvalue weighted by Gasteiger charge is -2.27. The molecule has 0 aliphatic heterocycles. The van der Waals surface area contributed by atoms with Crippen LogP contribution in [0.15, 0.2) is 18.5 Å². The molecule has 0 fully saturated rings. The smallest absolute Gasteiger partial charge is 0.271 e. The van der Waals surface area contributed by atoms with Gasteiger partial charge in [0.15, 0.2) is 0 Å². The molecule has 120 valence electrons. The molecule has 1 heterocycles. The number of aromatic nitrogens is 1. The third-order valence-corrected chi connectivity index (χ3v) is 3.33. The zero-order valence-electron chi connectivity index (χ0n) is 13.0. The van der Waals surface area contributed by atoms with Gasteiger partial charge in [0.1, 0.15) is 0 Å². The van der Waals surface area contributed by atoms with Crippen molar-refractivity contribution in [2.75, 3.05) is 0 Å². The molecular formula is C15H24F3N3. The molecule has 3 nitrogen and oxygen atoms in total. The number of alkyl halides is 3. The Kier molecular flexibility index (Phi) is 5.75. The minimum absolute atomic E-state index is 0.105. The van der Waals surface area contributed by atoms with Crippen molar-refractivity contribution in [3.63, 3.8) is 0 Å². The van der Waals surface area contributed by atoms with Gasteiger partial charge in [0.2, 0.25) is 0 Å². The fourth-order valence-electron chi connectivity index (χ4n) is 2.76. The van der Waals surface area contributed by atoms with Crippen LogP contribution >= 0.6 is 0 Å². The monoisotopic (exact) mass is 303 g/mol. The lowest BCUT2D eigenvalue weighted by Crippen LogP contribution is -2.31. The lowest BCUT2D eigenvalue weighted by atomic mass is 9.82. The van der Waals surface area contributed by atoms with Crippen LogP contribution < -0.4 is 11.3 Å². The summed E-state index contributed by atoms with van der Waals surface area (Å²) in [7, 11) is 0. The average molecular weight is 303 g/mol. The van der Waals surface area contributed by atoms with Gasteiger partial charge in [0.05, 0.1) is 5.56 Å². The quantitative estimate of drug-likeness (QED) is 0.637. The first-order valence-corrected chi connectivity index (χ1v) is 7.02. The van der Waals surface area contributed by atoms with Crippen LogP contribution in [0.4, 0.5) is 13.2 Å². The molecule has 2 unspecified atom stereocenters. The molecule has 0 bridgehead atoms. The number of halogens is 3. The topological polar surface area (TPSA) is 50.9 Å². The number of pyridine rings is 1. The van der Waals surface area contributed by atoms with Gasteiger partial charge in [-0.2, -0.15) is 13.2 Å². The molecule has 3 N–H and O–H groups in total. The van der Waals surface area contributed by atoms with Crippen LogP contribution in [0, 0.1) is 11.3 Å². The summed E-state index contributed by atoms with van der Waals surface area (Å²) < 4.78 is 39.2. The summed E-state index contributed by atoms with van der Waals surface area (Å²) in [5.41, 5.74) is 2.06. The van der Waals surface area contributed by atoms with Gasteiger partial charge < -0.3 is 0 Å². The lowest BCUT2D eigenvalue weighted by molar-refractivity contribution is -0.138. The number of nitrogens with one attached hydrogen (secondary N) is 1. The fourth-order valence-corrected chi connectivity index (χ4v) is 2.76. The van der Waals surface area contributed by atoms with Crippen molar-refractivity contribution >= 4 is 0 Å². The van der Waals surface area contributed by atoms with E-state index in [1.54, 1.807) is 0 Å². The largest absolute Gasteiger partial charge is 0.416 e. The third-order valence-electron chi connectivity index (χ3n) is 3.33. The standard InChI is InChI=1S/C15H24F3N3/c1-10(8-14(2,3)4)7-13(21-19)11-9-20-6-5-12(11)15(16,17)18/h5-6,9-10,13,21H,7-8,19H2,1-4H3. The number of rotatable bonds is 5. The molecule has 2 atom stereocenters. The second-order valence-electron chi connectivity index (χ2n) is 6.79. The Morgan fingerprint density at radius 2 is 1.90 bits per heavy atom. The molecule has 0 saturated carbocycles. The van der Waals surface area contributed by atoms with E-state index in [2.05, 4.69) is 31.2 Å². The summed E-state index contributed by atoms with van der Waals surface area (Å²) in [5.74, 6) is 5.73. The SMILES string of the molecule is CC(CC(NN)c1cnccc1C(F)(F)F)CC(C)(C)C. The van der Waals surface area contributed by atoms with Crippen LogP contribution in [0.2, 0.25) is 0 Å². The maximum atomic E-state index is 13.1. The van der Waals surface area contributed by atoms with Crippen molar-refractivity contribution in [3.8, 4) is 0 Å². The summed E-state index contributed by atoms with van der Waals surface area (Å²) in [5, 5.41) is 0. The second kappa shape index (κ2) is 6.75. The summed E-state index contributed by atoms with van der Waals surface area (Å²) >= 11 is 0. The highest BCUT2D eigenvalue weighted by Crippen LogP contribution is 2.37. The Hall–Kier alpha value is -1.14. The average Bonchev–Trinajstić information content (AvgIpc) is 2.32. The van der Waals surface area contributed by atoms with Crippen LogP contribution in [0.3, 0.4) is 0 Å². The number of hydrogen-bond donors (Lipinski definition) is 2. The van der Waals surface area contributed by atoms with Crippen molar-refractivity contribution in [3.05, 3.63) is 29.6 Å². The van der Waals surface area contributed by atoms with E-state index in [-0.39, 0.29) is 16.9 Å². The van der Waals surface area contributed by atoms with E-state index < -0.39 is 17.8 Å². The molecule has 1 aromatic rings.